The Kier molecular flexibility index (Phi) is 3.78. The summed E-state index contributed by atoms with van der Waals surface area (Å²) in [4.78, 5) is 18.7. The van der Waals surface area contributed by atoms with Crippen molar-refractivity contribution in [2.45, 2.75) is 17.8 Å². The van der Waals surface area contributed by atoms with E-state index in [2.05, 4.69) is 24.8 Å². The van der Waals surface area contributed by atoms with Crippen molar-refractivity contribution in [2.24, 2.45) is 5.92 Å². The minimum Gasteiger partial charge on any atom is -0.355 e. The lowest BCUT2D eigenvalue weighted by Crippen LogP contribution is -2.22. The van der Waals surface area contributed by atoms with Gasteiger partial charge in [0.1, 0.15) is 11.5 Å². The van der Waals surface area contributed by atoms with Crippen molar-refractivity contribution >= 4 is 23.2 Å². The number of hydrogen-bond acceptors (Lipinski definition) is 6. The van der Waals surface area contributed by atoms with E-state index in [4.69, 9.17) is 0 Å². The highest BCUT2D eigenvalue weighted by atomic mass is 32.2. The van der Waals surface area contributed by atoms with Gasteiger partial charge in [0.2, 0.25) is 0 Å². The Morgan fingerprint density at radius 2 is 2.00 bits per heavy atom. The SMILES string of the molecule is FC(F)(F)c1cn2c(-c3nccc(N4CC5CCSC5C4)n3)cnc2cn1. The summed E-state index contributed by atoms with van der Waals surface area (Å²) in [6.07, 6.45) is 1.86. The second-order valence-corrected chi connectivity index (χ2v) is 8.09. The molecule has 0 spiro atoms. The van der Waals surface area contributed by atoms with Crippen LogP contribution in [0.25, 0.3) is 17.2 Å². The molecule has 140 valence electrons. The molecule has 3 aromatic heterocycles. The fourth-order valence-corrected chi connectivity index (χ4v) is 5.24. The summed E-state index contributed by atoms with van der Waals surface area (Å²) in [6, 6.07) is 1.85. The highest BCUT2D eigenvalue weighted by Crippen LogP contribution is 2.39. The number of aromatic nitrogens is 5. The molecule has 0 aromatic carbocycles. The lowest BCUT2D eigenvalue weighted by atomic mass is 10.1. The molecule has 27 heavy (non-hydrogen) atoms. The number of thioether (sulfide) groups is 1. The van der Waals surface area contributed by atoms with E-state index in [0.29, 0.717) is 28.3 Å². The summed E-state index contributed by atoms with van der Waals surface area (Å²) >= 11 is 2.01. The van der Waals surface area contributed by atoms with E-state index in [1.807, 2.05) is 17.8 Å². The summed E-state index contributed by atoms with van der Waals surface area (Å²) in [6.45, 7) is 1.91. The Morgan fingerprint density at radius 3 is 2.81 bits per heavy atom. The van der Waals surface area contributed by atoms with Crippen LogP contribution < -0.4 is 4.90 Å². The maximum absolute atomic E-state index is 13.0. The summed E-state index contributed by atoms with van der Waals surface area (Å²) in [7, 11) is 0. The summed E-state index contributed by atoms with van der Waals surface area (Å²) in [5.74, 6) is 3.05. The first-order chi connectivity index (χ1) is 13.0. The van der Waals surface area contributed by atoms with Gasteiger partial charge in [-0.05, 0) is 24.2 Å². The first kappa shape index (κ1) is 16.8. The van der Waals surface area contributed by atoms with Crippen molar-refractivity contribution in [1.29, 1.82) is 0 Å². The van der Waals surface area contributed by atoms with Gasteiger partial charge in [0.15, 0.2) is 17.2 Å². The first-order valence-electron chi connectivity index (χ1n) is 8.59. The third-order valence-electron chi connectivity index (χ3n) is 5.08. The molecule has 0 N–H and O–H groups in total. The van der Waals surface area contributed by atoms with E-state index in [1.54, 1.807) is 6.20 Å². The fraction of sp³-hybridized carbons (Fsp3) is 0.412. The molecule has 5 heterocycles. The van der Waals surface area contributed by atoms with Gasteiger partial charge in [-0.15, -0.1) is 0 Å². The molecule has 3 aromatic rings. The van der Waals surface area contributed by atoms with Gasteiger partial charge in [0.05, 0.1) is 12.4 Å². The summed E-state index contributed by atoms with van der Waals surface area (Å²) in [5.41, 5.74) is -0.248. The van der Waals surface area contributed by atoms with Gasteiger partial charge in [0, 0.05) is 30.7 Å². The van der Waals surface area contributed by atoms with Crippen LogP contribution in [0.2, 0.25) is 0 Å². The van der Waals surface area contributed by atoms with Crippen LogP contribution in [0.4, 0.5) is 19.0 Å². The number of imidazole rings is 1. The van der Waals surface area contributed by atoms with Crippen molar-refractivity contribution in [3.63, 3.8) is 0 Å². The molecule has 2 saturated heterocycles. The van der Waals surface area contributed by atoms with Gasteiger partial charge < -0.3 is 4.90 Å². The second kappa shape index (κ2) is 6.08. The van der Waals surface area contributed by atoms with Crippen LogP contribution in [-0.4, -0.2) is 48.4 Å². The monoisotopic (exact) mass is 392 g/mol. The van der Waals surface area contributed by atoms with Crippen LogP contribution in [0.5, 0.6) is 0 Å². The van der Waals surface area contributed by atoms with Gasteiger partial charge in [-0.2, -0.15) is 24.9 Å². The molecule has 0 bridgehead atoms. The van der Waals surface area contributed by atoms with Crippen LogP contribution in [0, 0.1) is 5.92 Å². The standard InChI is InChI=1S/C17H15F3N6S/c18-17(19,20)13-9-26-11(5-23-15(26)6-22-13)16-21-3-1-14(24-16)25-7-10-2-4-27-12(10)8-25/h1,3,5-6,9-10,12H,2,4,7-8H2. The molecule has 0 radical (unpaired) electrons. The van der Waals surface area contributed by atoms with Crippen molar-refractivity contribution in [3.8, 4) is 11.5 Å². The molecule has 2 fully saturated rings. The van der Waals surface area contributed by atoms with Crippen molar-refractivity contribution in [3.05, 3.63) is 36.5 Å². The van der Waals surface area contributed by atoms with E-state index in [9.17, 15) is 13.2 Å². The number of rotatable bonds is 2. The molecular formula is C17H15F3N6S. The summed E-state index contributed by atoms with van der Waals surface area (Å²) < 4.78 is 40.3. The molecule has 2 aliphatic heterocycles. The van der Waals surface area contributed by atoms with Gasteiger partial charge in [-0.25, -0.2) is 19.9 Å². The van der Waals surface area contributed by atoms with Gasteiger partial charge in [-0.3, -0.25) is 4.40 Å². The van der Waals surface area contributed by atoms with E-state index >= 15 is 0 Å². The topological polar surface area (TPSA) is 59.2 Å². The molecular weight excluding hydrogens is 377 g/mol. The molecule has 2 aliphatic rings. The third-order valence-corrected chi connectivity index (χ3v) is 6.52. The fourth-order valence-electron chi connectivity index (χ4n) is 3.72. The summed E-state index contributed by atoms with van der Waals surface area (Å²) in [5, 5.41) is 0.639. The third kappa shape index (κ3) is 2.91. The van der Waals surface area contributed by atoms with Crippen LogP contribution in [0.15, 0.2) is 30.9 Å². The highest BCUT2D eigenvalue weighted by Gasteiger charge is 2.37. The Balaban J connectivity index is 1.52. The van der Waals surface area contributed by atoms with Crippen LogP contribution >= 0.6 is 11.8 Å². The predicted molar refractivity (Wildman–Crippen MR) is 95.6 cm³/mol. The predicted octanol–water partition coefficient (Wildman–Crippen LogP) is 3.15. The minimum atomic E-state index is -4.52. The van der Waals surface area contributed by atoms with Crippen molar-refractivity contribution < 1.29 is 13.2 Å². The van der Waals surface area contributed by atoms with E-state index in [-0.39, 0.29) is 0 Å². The van der Waals surface area contributed by atoms with Crippen LogP contribution in [-0.2, 0) is 6.18 Å². The number of nitrogens with zero attached hydrogens (tertiary/aromatic N) is 6. The molecule has 2 atom stereocenters. The largest absolute Gasteiger partial charge is 0.434 e. The first-order valence-corrected chi connectivity index (χ1v) is 9.64. The molecule has 5 rings (SSSR count). The van der Waals surface area contributed by atoms with Gasteiger partial charge >= 0.3 is 6.18 Å². The molecule has 6 nitrogen and oxygen atoms in total. The van der Waals surface area contributed by atoms with E-state index in [1.165, 1.54) is 22.8 Å². The Labute approximate surface area is 156 Å². The van der Waals surface area contributed by atoms with Crippen molar-refractivity contribution in [1.82, 2.24) is 24.3 Å². The maximum Gasteiger partial charge on any atom is 0.434 e. The van der Waals surface area contributed by atoms with Crippen LogP contribution in [0.1, 0.15) is 12.1 Å². The lowest BCUT2D eigenvalue weighted by molar-refractivity contribution is -0.141. The highest BCUT2D eigenvalue weighted by molar-refractivity contribution is 8.00. The number of halogens is 3. The zero-order chi connectivity index (χ0) is 18.6. The quantitative estimate of drug-likeness (QED) is 0.668. The molecule has 10 heteroatoms. The minimum absolute atomic E-state index is 0.319. The van der Waals surface area contributed by atoms with E-state index < -0.39 is 11.9 Å². The Morgan fingerprint density at radius 1 is 1.11 bits per heavy atom. The maximum atomic E-state index is 13.0. The second-order valence-electron chi connectivity index (χ2n) is 6.74. The van der Waals surface area contributed by atoms with E-state index in [0.717, 1.165) is 31.3 Å². The Bertz CT molecular complexity index is 992. The number of fused-ring (bicyclic) bond motifs is 2. The zero-order valence-corrected chi connectivity index (χ0v) is 14.9. The van der Waals surface area contributed by atoms with Gasteiger partial charge in [0.25, 0.3) is 0 Å². The average molecular weight is 392 g/mol. The van der Waals surface area contributed by atoms with Crippen LogP contribution in [0.3, 0.4) is 0 Å². The molecule has 0 amide bonds. The smallest absolute Gasteiger partial charge is 0.355 e. The number of anilines is 1. The van der Waals surface area contributed by atoms with Gasteiger partial charge in [-0.1, -0.05) is 0 Å². The molecule has 0 saturated carbocycles. The molecule has 0 aliphatic carbocycles. The Hall–Kier alpha value is -2.36. The average Bonchev–Trinajstić information content (AvgIpc) is 3.34. The lowest BCUT2D eigenvalue weighted by Gasteiger charge is -2.18. The molecule has 2 unspecified atom stereocenters. The normalized spacial score (nSPS) is 22.6. The number of hydrogen-bond donors (Lipinski definition) is 0. The van der Waals surface area contributed by atoms with Crippen molar-refractivity contribution in [2.75, 3.05) is 23.7 Å². The zero-order valence-electron chi connectivity index (χ0n) is 14.1. The number of alkyl halides is 3.